The van der Waals surface area contributed by atoms with Gasteiger partial charge in [0.05, 0.1) is 0 Å². The van der Waals surface area contributed by atoms with E-state index in [1.807, 2.05) is 4.90 Å². The van der Waals surface area contributed by atoms with E-state index in [1.54, 1.807) is 6.92 Å². The van der Waals surface area contributed by atoms with Gasteiger partial charge < -0.3 is 16.0 Å². The molecule has 3 N–H and O–H groups in total. The maximum atomic E-state index is 12.3. The van der Waals surface area contributed by atoms with Crippen molar-refractivity contribution in [2.45, 2.75) is 64.3 Å². The zero-order valence-electron chi connectivity index (χ0n) is 13.2. The Morgan fingerprint density at radius 2 is 1.76 bits per heavy atom. The van der Waals surface area contributed by atoms with Crippen LogP contribution in [-0.4, -0.2) is 42.4 Å². The lowest BCUT2D eigenvalue weighted by Gasteiger charge is -2.36. The van der Waals surface area contributed by atoms with Crippen LogP contribution in [0.4, 0.5) is 0 Å². The van der Waals surface area contributed by atoms with Gasteiger partial charge in [-0.25, -0.2) is 0 Å². The quantitative estimate of drug-likeness (QED) is 0.805. The lowest BCUT2D eigenvalue weighted by molar-refractivity contribution is -0.135. The molecule has 21 heavy (non-hydrogen) atoms. The molecule has 2 fully saturated rings. The van der Waals surface area contributed by atoms with Crippen LogP contribution in [0.1, 0.15) is 58.3 Å². The maximum Gasteiger partial charge on any atom is 0.244 e. The van der Waals surface area contributed by atoms with Gasteiger partial charge in [-0.2, -0.15) is 0 Å². The summed E-state index contributed by atoms with van der Waals surface area (Å²) in [6.45, 7) is 4.00. The molecular formula is C16H29N3O2. The van der Waals surface area contributed by atoms with Gasteiger partial charge in [0.15, 0.2) is 0 Å². The third-order valence-corrected chi connectivity index (χ3v) is 5.05. The molecule has 1 saturated heterocycles. The van der Waals surface area contributed by atoms with Crippen LogP contribution < -0.4 is 11.1 Å². The van der Waals surface area contributed by atoms with Crippen LogP contribution in [-0.2, 0) is 9.59 Å². The number of nitrogens with one attached hydrogen (secondary N) is 1. The molecule has 0 radical (unpaired) electrons. The Hall–Kier alpha value is -1.10. The number of carbonyl (C=O) groups is 2. The zero-order chi connectivity index (χ0) is 15.3. The Kier molecular flexibility index (Phi) is 5.62. The van der Waals surface area contributed by atoms with Gasteiger partial charge in [0.2, 0.25) is 11.8 Å². The number of nitrogens with two attached hydrogens (primary N) is 1. The second-order valence-corrected chi connectivity index (χ2v) is 6.76. The van der Waals surface area contributed by atoms with Crippen molar-refractivity contribution < 1.29 is 9.59 Å². The average molecular weight is 295 g/mol. The summed E-state index contributed by atoms with van der Waals surface area (Å²) in [5.74, 6) is 0.0219. The predicted molar refractivity (Wildman–Crippen MR) is 82.6 cm³/mol. The molecule has 120 valence electrons. The summed E-state index contributed by atoms with van der Waals surface area (Å²) in [5.41, 5.74) is 5.88. The van der Waals surface area contributed by atoms with Gasteiger partial charge in [-0.15, -0.1) is 0 Å². The van der Waals surface area contributed by atoms with Gasteiger partial charge in [-0.1, -0.05) is 19.3 Å². The Morgan fingerprint density at radius 1 is 1.14 bits per heavy atom. The Morgan fingerprint density at radius 3 is 2.33 bits per heavy atom. The highest BCUT2D eigenvalue weighted by Gasteiger charge is 2.34. The van der Waals surface area contributed by atoms with Crippen LogP contribution in [0.5, 0.6) is 0 Å². The highest BCUT2D eigenvalue weighted by Crippen LogP contribution is 2.38. The van der Waals surface area contributed by atoms with Crippen molar-refractivity contribution in [1.29, 1.82) is 0 Å². The van der Waals surface area contributed by atoms with E-state index in [-0.39, 0.29) is 17.2 Å². The Bertz CT molecular complexity index is 372. The fourth-order valence-corrected chi connectivity index (χ4v) is 3.66. The van der Waals surface area contributed by atoms with Gasteiger partial charge in [-0.3, -0.25) is 9.59 Å². The lowest BCUT2D eigenvalue weighted by atomic mass is 9.71. The molecule has 2 amide bonds. The minimum absolute atomic E-state index is 0.0256. The van der Waals surface area contributed by atoms with E-state index < -0.39 is 6.04 Å². The van der Waals surface area contributed by atoms with Gasteiger partial charge in [0.1, 0.15) is 6.04 Å². The number of likely N-dealkylation sites (tertiary alicyclic amines) is 1. The molecule has 0 bridgehead atoms. The molecule has 1 unspecified atom stereocenters. The minimum atomic E-state index is -0.422. The fourth-order valence-electron chi connectivity index (χ4n) is 3.66. The van der Waals surface area contributed by atoms with Crippen LogP contribution in [0.15, 0.2) is 0 Å². The summed E-state index contributed by atoms with van der Waals surface area (Å²) in [7, 11) is 0. The highest BCUT2D eigenvalue weighted by molar-refractivity contribution is 5.87. The topological polar surface area (TPSA) is 75.4 Å². The molecule has 2 aliphatic rings. The normalized spacial score (nSPS) is 22.9. The van der Waals surface area contributed by atoms with Crippen molar-refractivity contribution in [3.8, 4) is 0 Å². The molecule has 0 aromatic heterocycles. The zero-order valence-corrected chi connectivity index (χ0v) is 13.2. The molecule has 1 saturated carbocycles. The summed E-state index contributed by atoms with van der Waals surface area (Å²) in [6, 6.07) is -0.422. The third-order valence-electron chi connectivity index (χ3n) is 5.05. The number of amides is 2. The summed E-state index contributed by atoms with van der Waals surface area (Å²) < 4.78 is 0. The van der Waals surface area contributed by atoms with Crippen molar-refractivity contribution in [3.63, 3.8) is 0 Å². The molecule has 1 aliphatic heterocycles. The van der Waals surface area contributed by atoms with E-state index >= 15 is 0 Å². The highest BCUT2D eigenvalue weighted by atomic mass is 16.2. The molecule has 1 aliphatic carbocycles. The van der Waals surface area contributed by atoms with E-state index in [1.165, 1.54) is 6.42 Å². The molecular weight excluding hydrogens is 266 g/mol. The van der Waals surface area contributed by atoms with Crippen LogP contribution >= 0.6 is 0 Å². The monoisotopic (exact) mass is 295 g/mol. The lowest BCUT2D eigenvalue weighted by Crippen LogP contribution is -2.48. The summed E-state index contributed by atoms with van der Waals surface area (Å²) in [4.78, 5) is 26.3. The van der Waals surface area contributed by atoms with E-state index in [0.29, 0.717) is 13.0 Å². The van der Waals surface area contributed by atoms with Crippen LogP contribution in [0, 0.1) is 5.41 Å². The SMILES string of the molecule is CC(NC(=O)CC1(CN)CCCCC1)C(=O)N1CCCC1. The molecule has 1 heterocycles. The van der Waals surface area contributed by atoms with Crippen molar-refractivity contribution >= 4 is 11.8 Å². The molecule has 1 atom stereocenters. The fraction of sp³-hybridized carbons (Fsp3) is 0.875. The Balaban J connectivity index is 1.83. The summed E-state index contributed by atoms with van der Waals surface area (Å²) in [6.07, 6.45) is 8.23. The van der Waals surface area contributed by atoms with Gasteiger partial charge in [0, 0.05) is 19.5 Å². The molecule has 0 aromatic carbocycles. The van der Waals surface area contributed by atoms with Crippen molar-refractivity contribution in [1.82, 2.24) is 10.2 Å². The van der Waals surface area contributed by atoms with Crippen molar-refractivity contribution in [2.75, 3.05) is 19.6 Å². The molecule has 5 heteroatoms. The van der Waals surface area contributed by atoms with E-state index in [4.69, 9.17) is 5.73 Å². The number of carbonyl (C=O) groups excluding carboxylic acids is 2. The van der Waals surface area contributed by atoms with E-state index in [9.17, 15) is 9.59 Å². The standard InChI is InChI=1S/C16H29N3O2/c1-13(15(21)19-9-5-6-10-19)18-14(20)11-16(12-17)7-3-2-4-8-16/h13H,2-12,17H2,1H3,(H,18,20). The number of hydrogen-bond donors (Lipinski definition) is 2. The van der Waals surface area contributed by atoms with Gasteiger partial charge in [0.25, 0.3) is 0 Å². The van der Waals surface area contributed by atoms with E-state index in [2.05, 4.69) is 5.32 Å². The largest absolute Gasteiger partial charge is 0.345 e. The number of rotatable bonds is 5. The van der Waals surface area contributed by atoms with Gasteiger partial charge in [-0.05, 0) is 44.6 Å². The first-order valence-corrected chi connectivity index (χ1v) is 8.35. The van der Waals surface area contributed by atoms with Crippen molar-refractivity contribution in [2.24, 2.45) is 11.1 Å². The maximum absolute atomic E-state index is 12.3. The molecule has 0 spiro atoms. The van der Waals surface area contributed by atoms with E-state index in [0.717, 1.165) is 51.6 Å². The molecule has 5 nitrogen and oxygen atoms in total. The van der Waals surface area contributed by atoms with Crippen LogP contribution in [0.2, 0.25) is 0 Å². The van der Waals surface area contributed by atoms with Gasteiger partial charge >= 0.3 is 0 Å². The average Bonchev–Trinajstić information content (AvgIpc) is 3.01. The molecule has 2 rings (SSSR count). The number of hydrogen-bond acceptors (Lipinski definition) is 3. The minimum Gasteiger partial charge on any atom is -0.345 e. The Labute approximate surface area is 127 Å². The second-order valence-electron chi connectivity index (χ2n) is 6.76. The number of nitrogens with zero attached hydrogens (tertiary/aromatic N) is 1. The summed E-state index contributed by atoms with van der Waals surface area (Å²) >= 11 is 0. The van der Waals surface area contributed by atoms with Crippen molar-refractivity contribution in [3.05, 3.63) is 0 Å². The first-order chi connectivity index (χ1) is 10.1. The third kappa shape index (κ3) is 4.19. The first kappa shape index (κ1) is 16.3. The second kappa shape index (κ2) is 7.25. The molecule has 0 aromatic rings. The van der Waals surface area contributed by atoms with Crippen LogP contribution in [0.25, 0.3) is 0 Å². The van der Waals surface area contributed by atoms with Crippen LogP contribution in [0.3, 0.4) is 0 Å². The summed E-state index contributed by atoms with van der Waals surface area (Å²) in [5, 5.41) is 2.88. The predicted octanol–water partition coefficient (Wildman–Crippen LogP) is 1.41. The smallest absolute Gasteiger partial charge is 0.244 e. The first-order valence-electron chi connectivity index (χ1n) is 8.35.